The highest BCUT2D eigenvalue weighted by atomic mass is 19.4. The summed E-state index contributed by atoms with van der Waals surface area (Å²) in [4.78, 5) is 0. The Bertz CT molecular complexity index is 915. The second kappa shape index (κ2) is 9.63. The summed E-state index contributed by atoms with van der Waals surface area (Å²) in [6, 6.07) is 6.31. The molecule has 2 aromatic rings. The zero-order valence-corrected chi connectivity index (χ0v) is 16.9. The van der Waals surface area contributed by atoms with E-state index in [9.17, 15) is 17.6 Å². The minimum Gasteiger partial charge on any atom is -0.403 e. The van der Waals surface area contributed by atoms with Gasteiger partial charge in [0.25, 0.3) is 0 Å². The van der Waals surface area contributed by atoms with E-state index in [4.69, 9.17) is 0 Å². The van der Waals surface area contributed by atoms with E-state index < -0.39 is 23.7 Å². The van der Waals surface area contributed by atoms with Gasteiger partial charge in [-0.25, -0.2) is 8.78 Å². The van der Waals surface area contributed by atoms with Crippen LogP contribution in [0.3, 0.4) is 0 Å². The van der Waals surface area contributed by atoms with Crippen molar-refractivity contribution in [1.29, 1.82) is 0 Å². The summed E-state index contributed by atoms with van der Waals surface area (Å²) in [5.74, 6) is -2.57. The Morgan fingerprint density at radius 2 is 1.70 bits per heavy atom. The normalized spacial score (nSPS) is 13.7. The molecule has 162 valence electrons. The highest BCUT2D eigenvalue weighted by Gasteiger charge is 2.32. The summed E-state index contributed by atoms with van der Waals surface area (Å²) in [5.41, 5.74) is 3.04. The van der Waals surface area contributed by atoms with E-state index in [0.717, 1.165) is 37.0 Å². The maximum absolute atomic E-state index is 15.1. The number of ether oxygens (including phenoxy) is 1. The lowest BCUT2D eigenvalue weighted by Gasteiger charge is -2.19. The molecule has 0 aliphatic heterocycles. The van der Waals surface area contributed by atoms with Gasteiger partial charge in [0.05, 0.1) is 0 Å². The molecule has 0 fully saturated rings. The van der Waals surface area contributed by atoms with Crippen LogP contribution < -0.4 is 4.74 Å². The SMILES string of the molecule is CCCCCCCC1=Cc2ccc(-c3ccc(OC(F)(F)F)c(F)c3)c(F)c2CC1. The van der Waals surface area contributed by atoms with Crippen LogP contribution >= 0.6 is 0 Å². The topological polar surface area (TPSA) is 9.23 Å². The number of benzene rings is 2. The van der Waals surface area contributed by atoms with Crippen molar-refractivity contribution < 1.29 is 26.7 Å². The van der Waals surface area contributed by atoms with Crippen LogP contribution in [-0.4, -0.2) is 6.36 Å². The first-order valence-electron chi connectivity index (χ1n) is 10.3. The van der Waals surface area contributed by atoms with Crippen LogP contribution in [0.1, 0.15) is 63.0 Å². The van der Waals surface area contributed by atoms with Gasteiger partial charge in [0.1, 0.15) is 5.82 Å². The lowest BCUT2D eigenvalue weighted by Crippen LogP contribution is -2.17. The Hall–Kier alpha value is -2.37. The number of hydrogen-bond donors (Lipinski definition) is 0. The molecule has 2 aromatic carbocycles. The Morgan fingerprint density at radius 3 is 2.40 bits per heavy atom. The van der Waals surface area contributed by atoms with Gasteiger partial charge in [0.2, 0.25) is 0 Å². The van der Waals surface area contributed by atoms with Crippen LogP contribution in [0, 0.1) is 11.6 Å². The number of fused-ring (bicyclic) bond motifs is 1. The van der Waals surface area contributed by atoms with E-state index in [0.29, 0.717) is 12.0 Å². The molecule has 1 nitrogen and oxygen atoms in total. The Balaban J connectivity index is 1.76. The summed E-state index contributed by atoms with van der Waals surface area (Å²) < 4.78 is 69.7. The van der Waals surface area contributed by atoms with Crippen LogP contribution in [0.5, 0.6) is 5.75 Å². The van der Waals surface area contributed by atoms with Crippen LogP contribution in [-0.2, 0) is 6.42 Å². The second-order valence-corrected chi connectivity index (χ2v) is 7.65. The molecule has 0 amide bonds. The number of unbranched alkanes of at least 4 members (excludes halogenated alkanes) is 4. The number of rotatable bonds is 8. The van der Waals surface area contributed by atoms with Crippen LogP contribution in [0.25, 0.3) is 17.2 Å². The van der Waals surface area contributed by atoms with Gasteiger partial charge in [-0.3, -0.25) is 0 Å². The fourth-order valence-electron chi connectivity index (χ4n) is 3.85. The van der Waals surface area contributed by atoms with E-state index in [2.05, 4.69) is 11.7 Å². The van der Waals surface area contributed by atoms with Crippen molar-refractivity contribution >= 4 is 6.08 Å². The third-order valence-electron chi connectivity index (χ3n) is 5.41. The van der Waals surface area contributed by atoms with Gasteiger partial charge in [0, 0.05) is 5.56 Å². The molecule has 3 rings (SSSR count). The summed E-state index contributed by atoms with van der Waals surface area (Å²) in [6.45, 7) is 2.18. The molecule has 0 aromatic heterocycles. The van der Waals surface area contributed by atoms with Crippen molar-refractivity contribution in [3.63, 3.8) is 0 Å². The first kappa shape index (κ1) is 22.3. The minimum atomic E-state index is -4.99. The maximum Gasteiger partial charge on any atom is 0.573 e. The van der Waals surface area contributed by atoms with Crippen molar-refractivity contribution in [3.8, 4) is 16.9 Å². The van der Waals surface area contributed by atoms with E-state index in [-0.39, 0.29) is 11.1 Å². The molecule has 30 heavy (non-hydrogen) atoms. The quantitative estimate of drug-likeness (QED) is 0.306. The second-order valence-electron chi connectivity index (χ2n) is 7.65. The number of allylic oxidation sites excluding steroid dienone is 1. The number of hydrogen-bond acceptors (Lipinski definition) is 1. The highest BCUT2D eigenvalue weighted by molar-refractivity contribution is 5.71. The average Bonchev–Trinajstić information content (AvgIpc) is 2.69. The molecule has 0 unspecified atom stereocenters. The molecule has 0 saturated heterocycles. The molecule has 0 N–H and O–H groups in total. The van der Waals surface area contributed by atoms with Crippen molar-refractivity contribution in [3.05, 3.63) is 58.7 Å². The molecule has 1 aliphatic rings. The average molecular weight is 424 g/mol. The molecule has 0 bridgehead atoms. The summed E-state index contributed by atoms with van der Waals surface area (Å²) >= 11 is 0. The predicted molar refractivity (Wildman–Crippen MR) is 108 cm³/mol. The summed E-state index contributed by atoms with van der Waals surface area (Å²) in [5, 5.41) is 0. The third kappa shape index (κ3) is 5.61. The summed E-state index contributed by atoms with van der Waals surface area (Å²) in [6.07, 6.45) is 5.44. The molecule has 0 radical (unpaired) electrons. The standard InChI is InChI=1S/C24H25F5O/c1-2-3-4-5-6-7-16-8-11-19-17(14-16)9-12-20(23(19)26)18-10-13-22(21(25)15-18)30-24(27,28)29/h9-10,12-15H,2-8,11H2,1H3. The van der Waals surface area contributed by atoms with Gasteiger partial charge in [-0.1, -0.05) is 62.5 Å². The van der Waals surface area contributed by atoms with E-state index >= 15 is 4.39 Å². The Morgan fingerprint density at radius 1 is 0.933 bits per heavy atom. The largest absolute Gasteiger partial charge is 0.573 e. The van der Waals surface area contributed by atoms with Crippen molar-refractivity contribution in [2.75, 3.05) is 0 Å². The molecule has 0 heterocycles. The lowest BCUT2D eigenvalue weighted by molar-refractivity contribution is -0.275. The van der Waals surface area contributed by atoms with E-state index in [1.807, 2.05) is 6.08 Å². The van der Waals surface area contributed by atoms with Gasteiger partial charge in [-0.2, -0.15) is 0 Å². The van der Waals surface area contributed by atoms with Gasteiger partial charge >= 0.3 is 6.36 Å². The zero-order chi connectivity index (χ0) is 21.7. The van der Waals surface area contributed by atoms with E-state index in [1.54, 1.807) is 12.1 Å². The monoisotopic (exact) mass is 424 g/mol. The molecule has 0 spiro atoms. The van der Waals surface area contributed by atoms with E-state index in [1.165, 1.54) is 37.3 Å². The van der Waals surface area contributed by atoms with Gasteiger partial charge in [0.15, 0.2) is 11.6 Å². The molecule has 1 aliphatic carbocycles. The van der Waals surface area contributed by atoms with Crippen molar-refractivity contribution in [2.45, 2.75) is 64.7 Å². The van der Waals surface area contributed by atoms with Crippen LogP contribution in [0.2, 0.25) is 0 Å². The first-order chi connectivity index (χ1) is 14.3. The molecular formula is C24H25F5O. The summed E-state index contributed by atoms with van der Waals surface area (Å²) in [7, 11) is 0. The van der Waals surface area contributed by atoms with Gasteiger partial charge in [-0.15, -0.1) is 13.2 Å². The van der Waals surface area contributed by atoms with Gasteiger partial charge in [-0.05, 0) is 54.5 Å². The number of alkyl halides is 3. The molecule has 0 atom stereocenters. The molecular weight excluding hydrogens is 399 g/mol. The molecule has 6 heteroatoms. The number of halogens is 5. The lowest BCUT2D eigenvalue weighted by atomic mass is 9.87. The fraction of sp³-hybridized carbons (Fsp3) is 0.417. The van der Waals surface area contributed by atoms with Crippen molar-refractivity contribution in [2.24, 2.45) is 0 Å². The van der Waals surface area contributed by atoms with Crippen LogP contribution in [0.4, 0.5) is 22.0 Å². The Kier molecular flexibility index (Phi) is 7.16. The third-order valence-corrected chi connectivity index (χ3v) is 5.41. The smallest absolute Gasteiger partial charge is 0.403 e. The minimum absolute atomic E-state index is 0.169. The predicted octanol–water partition coefficient (Wildman–Crippen LogP) is 8.22. The van der Waals surface area contributed by atoms with Crippen molar-refractivity contribution in [1.82, 2.24) is 0 Å². The van der Waals surface area contributed by atoms with Crippen LogP contribution in [0.15, 0.2) is 35.9 Å². The zero-order valence-electron chi connectivity index (χ0n) is 16.9. The van der Waals surface area contributed by atoms with Gasteiger partial charge < -0.3 is 4.74 Å². The first-order valence-corrected chi connectivity index (χ1v) is 10.3. The Labute approximate surface area is 173 Å². The maximum atomic E-state index is 15.1. The fourth-order valence-corrected chi connectivity index (χ4v) is 3.85. The highest BCUT2D eigenvalue weighted by Crippen LogP contribution is 2.35. The molecule has 0 saturated carbocycles.